The second-order valence-electron chi connectivity index (χ2n) is 4.74. The molecule has 0 bridgehead atoms. The summed E-state index contributed by atoms with van der Waals surface area (Å²) in [6.45, 7) is 1.52. The highest BCUT2D eigenvalue weighted by atomic mass is 16.5. The zero-order valence-corrected chi connectivity index (χ0v) is 11.7. The molecule has 7 heteroatoms. The Morgan fingerprint density at radius 3 is 3.19 bits per heavy atom. The van der Waals surface area contributed by atoms with Crippen LogP contribution >= 0.6 is 0 Å². The molecule has 0 aliphatic carbocycles. The van der Waals surface area contributed by atoms with Crippen LogP contribution in [0, 0.1) is 0 Å². The average Bonchev–Trinajstić information content (AvgIpc) is 3.09. The van der Waals surface area contributed by atoms with Crippen molar-refractivity contribution in [3.05, 3.63) is 41.7 Å². The van der Waals surface area contributed by atoms with Crippen LogP contribution in [0.25, 0.3) is 0 Å². The summed E-state index contributed by atoms with van der Waals surface area (Å²) in [5.74, 6) is 0.635. The van der Waals surface area contributed by atoms with Crippen molar-refractivity contribution in [3.63, 3.8) is 0 Å². The number of carbonyl (C=O) groups is 1. The highest BCUT2D eigenvalue weighted by Gasteiger charge is 2.27. The van der Waals surface area contributed by atoms with Gasteiger partial charge in [0.05, 0.1) is 26.5 Å². The van der Waals surface area contributed by atoms with Crippen molar-refractivity contribution in [2.45, 2.75) is 6.10 Å². The van der Waals surface area contributed by atoms with Gasteiger partial charge in [0.1, 0.15) is 11.9 Å². The maximum Gasteiger partial charge on any atom is 0.276 e. The molecule has 1 saturated heterocycles. The second-order valence-corrected chi connectivity index (χ2v) is 4.74. The van der Waals surface area contributed by atoms with Crippen LogP contribution in [0.4, 0.5) is 0 Å². The van der Waals surface area contributed by atoms with E-state index >= 15 is 0 Å². The molecule has 0 saturated carbocycles. The number of hydrogen-bond acceptors (Lipinski definition) is 5. The van der Waals surface area contributed by atoms with Crippen LogP contribution in [-0.4, -0.2) is 53.0 Å². The minimum Gasteiger partial charge on any atom is -0.497 e. The molecule has 110 valence electrons. The van der Waals surface area contributed by atoms with Gasteiger partial charge in [-0.1, -0.05) is 12.1 Å². The standard InChI is InChI=1S/C14H16N4O3/c1-20-11-4-2-3-10(7-11)13-9-18(5-6-21-13)14(19)12-8-15-17-16-12/h2-4,7-8,13H,5-6,9H2,1H3,(H,15,16,17). The van der Waals surface area contributed by atoms with Gasteiger partial charge in [-0.3, -0.25) is 4.79 Å². The van der Waals surface area contributed by atoms with Crippen LogP contribution in [0.5, 0.6) is 5.75 Å². The molecule has 1 atom stereocenters. The smallest absolute Gasteiger partial charge is 0.276 e. The Balaban J connectivity index is 1.75. The number of H-pyrrole nitrogens is 1. The highest BCUT2D eigenvalue weighted by Crippen LogP contribution is 2.25. The number of carbonyl (C=O) groups excluding carboxylic acids is 1. The lowest BCUT2D eigenvalue weighted by Gasteiger charge is -2.32. The van der Waals surface area contributed by atoms with Gasteiger partial charge >= 0.3 is 0 Å². The van der Waals surface area contributed by atoms with E-state index in [0.717, 1.165) is 11.3 Å². The molecule has 1 aliphatic rings. The van der Waals surface area contributed by atoms with Crippen molar-refractivity contribution in [1.82, 2.24) is 20.3 Å². The van der Waals surface area contributed by atoms with Gasteiger partial charge in [-0.2, -0.15) is 15.4 Å². The molecule has 2 aromatic rings. The fourth-order valence-corrected chi connectivity index (χ4v) is 2.34. The normalized spacial score (nSPS) is 18.5. The molecule has 1 fully saturated rings. The Morgan fingerprint density at radius 2 is 2.43 bits per heavy atom. The largest absolute Gasteiger partial charge is 0.497 e. The van der Waals surface area contributed by atoms with Crippen LogP contribution < -0.4 is 4.74 Å². The van der Waals surface area contributed by atoms with E-state index in [1.54, 1.807) is 12.0 Å². The van der Waals surface area contributed by atoms with Crippen molar-refractivity contribution >= 4 is 5.91 Å². The molecule has 21 heavy (non-hydrogen) atoms. The van der Waals surface area contributed by atoms with Gasteiger partial charge < -0.3 is 14.4 Å². The lowest BCUT2D eigenvalue weighted by atomic mass is 10.1. The SMILES string of the molecule is COc1cccc(C2CN(C(=O)c3cn[nH]n3)CCO2)c1. The number of nitrogens with one attached hydrogen (secondary N) is 1. The molecule has 1 aromatic carbocycles. The molecule has 0 radical (unpaired) electrons. The highest BCUT2D eigenvalue weighted by molar-refractivity contribution is 5.91. The summed E-state index contributed by atoms with van der Waals surface area (Å²) in [6, 6.07) is 7.69. The summed E-state index contributed by atoms with van der Waals surface area (Å²) >= 11 is 0. The van der Waals surface area contributed by atoms with E-state index in [1.807, 2.05) is 24.3 Å². The summed E-state index contributed by atoms with van der Waals surface area (Å²) < 4.78 is 11.0. The van der Waals surface area contributed by atoms with Gasteiger partial charge in [0.25, 0.3) is 5.91 Å². The number of amides is 1. The lowest BCUT2D eigenvalue weighted by Crippen LogP contribution is -2.42. The van der Waals surface area contributed by atoms with Crippen LogP contribution in [0.2, 0.25) is 0 Å². The van der Waals surface area contributed by atoms with Crippen LogP contribution in [0.3, 0.4) is 0 Å². The molecule has 7 nitrogen and oxygen atoms in total. The van der Waals surface area contributed by atoms with E-state index in [4.69, 9.17) is 9.47 Å². The average molecular weight is 288 g/mol. The number of aromatic nitrogens is 3. The van der Waals surface area contributed by atoms with Gasteiger partial charge in [0.15, 0.2) is 5.69 Å². The fourth-order valence-electron chi connectivity index (χ4n) is 2.34. The summed E-state index contributed by atoms with van der Waals surface area (Å²) in [6.07, 6.45) is 1.27. The van der Waals surface area contributed by atoms with E-state index in [-0.39, 0.29) is 12.0 Å². The predicted octanol–water partition coefficient (Wildman–Crippen LogP) is 1.03. The summed E-state index contributed by atoms with van der Waals surface area (Å²) in [5, 5.41) is 9.95. The molecule has 2 heterocycles. The fraction of sp³-hybridized carbons (Fsp3) is 0.357. The first-order valence-corrected chi connectivity index (χ1v) is 6.68. The molecule has 1 aliphatic heterocycles. The van der Waals surface area contributed by atoms with Crippen molar-refractivity contribution in [2.75, 3.05) is 26.8 Å². The molecular formula is C14H16N4O3. The summed E-state index contributed by atoms with van der Waals surface area (Å²) in [4.78, 5) is 14.0. The first kappa shape index (κ1) is 13.6. The van der Waals surface area contributed by atoms with E-state index in [0.29, 0.717) is 25.4 Å². The number of ether oxygens (including phenoxy) is 2. The Labute approximate surface area is 121 Å². The van der Waals surface area contributed by atoms with Gasteiger partial charge in [-0.05, 0) is 17.7 Å². The molecule has 1 amide bonds. The maximum absolute atomic E-state index is 12.3. The minimum absolute atomic E-state index is 0.139. The van der Waals surface area contributed by atoms with E-state index in [2.05, 4.69) is 15.4 Å². The topological polar surface area (TPSA) is 80.3 Å². The number of benzene rings is 1. The Morgan fingerprint density at radius 1 is 1.52 bits per heavy atom. The Bertz CT molecular complexity index is 614. The predicted molar refractivity (Wildman–Crippen MR) is 74.0 cm³/mol. The minimum atomic E-state index is -0.162. The molecule has 3 rings (SSSR count). The van der Waals surface area contributed by atoms with Crippen LogP contribution in [-0.2, 0) is 4.74 Å². The monoisotopic (exact) mass is 288 g/mol. The Hall–Kier alpha value is -2.41. The van der Waals surface area contributed by atoms with Crippen molar-refractivity contribution in [3.8, 4) is 5.75 Å². The zero-order chi connectivity index (χ0) is 14.7. The van der Waals surface area contributed by atoms with Crippen molar-refractivity contribution in [1.29, 1.82) is 0 Å². The van der Waals surface area contributed by atoms with Gasteiger partial charge in [0.2, 0.25) is 0 Å². The van der Waals surface area contributed by atoms with Crippen LogP contribution in [0.15, 0.2) is 30.5 Å². The number of hydrogen-bond donors (Lipinski definition) is 1. The van der Waals surface area contributed by atoms with Crippen LogP contribution in [0.1, 0.15) is 22.2 Å². The molecule has 1 unspecified atom stereocenters. The zero-order valence-electron chi connectivity index (χ0n) is 11.7. The Kier molecular flexibility index (Phi) is 3.83. The van der Waals surface area contributed by atoms with E-state index in [9.17, 15) is 4.79 Å². The summed E-state index contributed by atoms with van der Waals surface area (Å²) in [7, 11) is 1.63. The second kappa shape index (κ2) is 5.92. The molecule has 0 spiro atoms. The lowest BCUT2D eigenvalue weighted by molar-refractivity contribution is -0.0230. The van der Waals surface area contributed by atoms with E-state index < -0.39 is 0 Å². The number of methoxy groups -OCH3 is 1. The van der Waals surface area contributed by atoms with E-state index in [1.165, 1.54) is 6.20 Å². The quantitative estimate of drug-likeness (QED) is 0.912. The summed E-state index contributed by atoms with van der Waals surface area (Å²) in [5.41, 5.74) is 1.31. The van der Waals surface area contributed by atoms with Gasteiger partial charge in [-0.25, -0.2) is 0 Å². The first-order chi connectivity index (χ1) is 10.3. The third-order valence-electron chi connectivity index (χ3n) is 3.45. The number of morpholine rings is 1. The van der Waals surface area contributed by atoms with Gasteiger partial charge in [0, 0.05) is 6.54 Å². The number of nitrogens with zero attached hydrogens (tertiary/aromatic N) is 3. The van der Waals surface area contributed by atoms with Crippen molar-refractivity contribution < 1.29 is 14.3 Å². The third-order valence-corrected chi connectivity index (χ3v) is 3.45. The molecule has 1 aromatic heterocycles. The number of aromatic amines is 1. The van der Waals surface area contributed by atoms with Gasteiger partial charge in [-0.15, -0.1) is 0 Å². The number of rotatable bonds is 3. The van der Waals surface area contributed by atoms with Crippen molar-refractivity contribution in [2.24, 2.45) is 0 Å². The third kappa shape index (κ3) is 2.87. The maximum atomic E-state index is 12.3. The first-order valence-electron chi connectivity index (χ1n) is 6.68. The molecular weight excluding hydrogens is 272 g/mol. The molecule has 1 N–H and O–H groups in total.